The summed E-state index contributed by atoms with van der Waals surface area (Å²) in [4.78, 5) is 0. The monoisotopic (exact) mass is 282 g/mol. The van der Waals surface area contributed by atoms with Crippen molar-refractivity contribution in [1.82, 2.24) is 5.32 Å². The quantitative estimate of drug-likeness (QED) is 0.837. The number of sulfonamides is 1. The Balaban J connectivity index is 1.72. The zero-order valence-electron chi connectivity index (χ0n) is 10.6. The third-order valence-corrected chi connectivity index (χ3v) is 5.28. The van der Waals surface area contributed by atoms with E-state index in [1.807, 2.05) is 6.07 Å². The van der Waals surface area contributed by atoms with E-state index in [0.717, 1.165) is 25.2 Å². The van der Waals surface area contributed by atoms with Gasteiger partial charge in [-0.3, -0.25) is 0 Å². The second kappa shape index (κ2) is 4.77. The summed E-state index contributed by atoms with van der Waals surface area (Å²) in [7, 11) is -3.42. The van der Waals surface area contributed by atoms with E-state index in [1.165, 1.54) is 11.1 Å². The second-order valence-electron chi connectivity index (χ2n) is 5.21. The zero-order chi connectivity index (χ0) is 13.5. The molecule has 2 atom stereocenters. The Morgan fingerprint density at radius 1 is 1.32 bits per heavy atom. The Hall–Kier alpha value is -1.11. The van der Waals surface area contributed by atoms with E-state index >= 15 is 0 Å². The molecular formula is C13H18N2O3S. The van der Waals surface area contributed by atoms with Crippen LogP contribution in [0.2, 0.25) is 0 Å². The van der Waals surface area contributed by atoms with E-state index in [4.69, 9.17) is 9.88 Å². The Morgan fingerprint density at radius 2 is 2.16 bits per heavy atom. The van der Waals surface area contributed by atoms with Crippen molar-refractivity contribution in [3.8, 4) is 5.75 Å². The van der Waals surface area contributed by atoms with Gasteiger partial charge in [-0.05, 0) is 30.0 Å². The number of benzene rings is 1. The van der Waals surface area contributed by atoms with E-state index < -0.39 is 15.3 Å². The average molecular weight is 282 g/mol. The number of hydrogen-bond donors (Lipinski definition) is 2. The van der Waals surface area contributed by atoms with Crippen LogP contribution in [-0.4, -0.2) is 26.8 Å². The van der Waals surface area contributed by atoms with Crippen molar-refractivity contribution < 1.29 is 13.2 Å². The van der Waals surface area contributed by atoms with Crippen LogP contribution < -0.4 is 15.2 Å². The lowest BCUT2D eigenvalue weighted by Gasteiger charge is -2.29. The summed E-state index contributed by atoms with van der Waals surface area (Å²) in [6.07, 6.45) is 2.36. The highest BCUT2D eigenvalue weighted by atomic mass is 32.2. The lowest BCUT2D eigenvalue weighted by molar-refractivity contribution is 0.356. The third-order valence-electron chi connectivity index (χ3n) is 3.95. The minimum Gasteiger partial charge on any atom is -0.493 e. The van der Waals surface area contributed by atoms with Gasteiger partial charge in [-0.15, -0.1) is 0 Å². The van der Waals surface area contributed by atoms with Crippen molar-refractivity contribution in [2.45, 2.75) is 30.6 Å². The Kier molecular flexibility index (Phi) is 3.24. The highest BCUT2D eigenvalue weighted by molar-refractivity contribution is 7.89. The molecule has 19 heavy (non-hydrogen) atoms. The van der Waals surface area contributed by atoms with Crippen LogP contribution in [0.1, 0.15) is 30.0 Å². The molecule has 2 heterocycles. The molecule has 2 unspecified atom stereocenters. The first-order chi connectivity index (χ1) is 9.04. The molecule has 3 rings (SSSR count). The number of fused-ring (bicyclic) bond motifs is 1. The molecule has 1 aromatic rings. The second-order valence-corrected chi connectivity index (χ2v) is 7.06. The lowest BCUT2D eigenvalue weighted by Crippen LogP contribution is -2.43. The van der Waals surface area contributed by atoms with Crippen LogP contribution in [0.3, 0.4) is 0 Å². The van der Waals surface area contributed by atoms with E-state index in [9.17, 15) is 8.42 Å². The number of ether oxygens (including phenoxy) is 1. The largest absolute Gasteiger partial charge is 0.493 e. The van der Waals surface area contributed by atoms with E-state index in [0.29, 0.717) is 13.0 Å². The summed E-state index contributed by atoms with van der Waals surface area (Å²) in [5.74, 6) is 0.974. The molecule has 1 fully saturated rings. The molecule has 0 aliphatic carbocycles. The van der Waals surface area contributed by atoms with Gasteiger partial charge in [0.2, 0.25) is 10.0 Å². The average Bonchev–Trinajstić information content (AvgIpc) is 2.85. The molecular weight excluding hydrogens is 264 g/mol. The van der Waals surface area contributed by atoms with Crippen molar-refractivity contribution in [1.29, 1.82) is 0 Å². The predicted molar refractivity (Wildman–Crippen MR) is 72.5 cm³/mol. The Morgan fingerprint density at radius 3 is 2.84 bits per heavy atom. The van der Waals surface area contributed by atoms with Crippen molar-refractivity contribution in [2.24, 2.45) is 5.14 Å². The van der Waals surface area contributed by atoms with Gasteiger partial charge in [0.25, 0.3) is 0 Å². The van der Waals surface area contributed by atoms with Crippen LogP contribution in [0.25, 0.3) is 0 Å². The standard InChI is InChI=1S/C13H18N2O3S/c14-19(16,17)11-2-3-12(15-8-11)9-1-4-13-10(7-9)5-6-18-13/h1,4,7,11-12,15H,2-3,5-6,8H2,(H2,14,16,17). The number of nitrogens with one attached hydrogen (secondary N) is 1. The number of rotatable bonds is 2. The van der Waals surface area contributed by atoms with Crippen LogP contribution in [-0.2, 0) is 16.4 Å². The highest BCUT2D eigenvalue weighted by Gasteiger charge is 2.29. The van der Waals surface area contributed by atoms with Gasteiger partial charge in [-0.2, -0.15) is 0 Å². The van der Waals surface area contributed by atoms with Crippen LogP contribution in [0, 0.1) is 0 Å². The maximum Gasteiger partial charge on any atom is 0.213 e. The van der Waals surface area contributed by atoms with Gasteiger partial charge < -0.3 is 10.1 Å². The molecule has 2 aliphatic heterocycles. The smallest absolute Gasteiger partial charge is 0.213 e. The number of nitrogens with two attached hydrogens (primary N) is 1. The summed E-state index contributed by atoms with van der Waals surface area (Å²) in [5.41, 5.74) is 2.45. The molecule has 0 aromatic heterocycles. The normalized spacial score (nSPS) is 26.8. The van der Waals surface area contributed by atoms with Crippen molar-refractivity contribution >= 4 is 10.0 Å². The Bertz CT molecular complexity index is 578. The molecule has 0 saturated carbocycles. The molecule has 1 saturated heterocycles. The number of hydrogen-bond acceptors (Lipinski definition) is 4. The van der Waals surface area contributed by atoms with E-state index in [2.05, 4.69) is 17.4 Å². The van der Waals surface area contributed by atoms with Gasteiger partial charge in [0.05, 0.1) is 11.9 Å². The molecule has 6 heteroatoms. The first-order valence-corrected chi connectivity index (χ1v) is 8.15. The van der Waals surface area contributed by atoms with Crippen molar-refractivity contribution in [3.05, 3.63) is 29.3 Å². The van der Waals surface area contributed by atoms with Crippen LogP contribution in [0.4, 0.5) is 0 Å². The molecule has 0 spiro atoms. The van der Waals surface area contributed by atoms with Gasteiger partial charge in [0.15, 0.2) is 0 Å². The van der Waals surface area contributed by atoms with Crippen LogP contribution >= 0.6 is 0 Å². The summed E-state index contributed by atoms with van der Waals surface area (Å²) in [6.45, 7) is 1.18. The van der Waals surface area contributed by atoms with Gasteiger partial charge >= 0.3 is 0 Å². The molecule has 3 N–H and O–H groups in total. The van der Waals surface area contributed by atoms with Gasteiger partial charge in [-0.25, -0.2) is 13.6 Å². The molecule has 0 bridgehead atoms. The number of primary sulfonamides is 1. The summed E-state index contributed by atoms with van der Waals surface area (Å²) in [6, 6.07) is 6.44. The predicted octanol–water partition coefficient (Wildman–Crippen LogP) is 0.703. The number of piperidine rings is 1. The third kappa shape index (κ3) is 2.61. The lowest BCUT2D eigenvalue weighted by atomic mass is 9.95. The maximum atomic E-state index is 11.3. The van der Waals surface area contributed by atoms with E-state index in [1.54, 1.807) is 0 Å². The Labute approximate surface area is 113 Å². The molecule has 0 amide bonds. The molecule has 0 radical (unpaired) electrons. The topological polar surface area (TPSA) is 81.4 Å². The SMILES string of the molecule is NS(=O)(=O)C1CCC(c2ccc3c(c2)CCO3)NC1. The van der Waals surface area contributed by atoms with Gasteiger partial charge in [0.1, 0.15) is 5.75 Å². The van der Waals surface area contributed by atoms with Crippen molar-refractivity contribution in [2.75, 3.05) is 13.2 Å². The first-order valence-electron chi connectivity index (χ1n) is 6.54. The molecule has 1 aromatic carbocycles. The minimum absolute atomic E-state index is 0.212. The van der Waals surface area contributed by atoms with E-state index in [-0.39, 0.29) is 6.04 Å². The summed E-state index contributed by atoms with van der Waals surface area (Å²) < 4.78 is 28.1. The van der Waals surface area contributed by atoms with Crippen molar-refractivity contribution in [3.63, 3.8) is 0 Å². The maximum absolute atomic E-state index is 11.3. The van der Waals surface area contributed by atoms with Gasteiger partial charge in [0, 0.05) is 19.0 Å². The highest BCUT2D eigenvalue weighted by Crippen LogP contribution is 2.31. The molecule has 104 valence electrons. The first kappa shape index (κ1) is 12.9. The van der Waals surface area contributed by atoms with Crippen LogP contribution in [0.15, 0.2) is 18.2 Å². The fourth-order valence-corrected chi connectivity index (χ4v) is 3.61. The van der Waals surface area contributed by atoms with Crippen LogP contribution in [0.5, 0.6) is 5.75 Å². The minimum atomic E-state index is -3.42. The fourth-order valence-electron chi connectivity index (χ4n) is 2.82. The summed E-state index contributed by atoms with van der Waals surface area (Å²) in [5, 5.41) is 8.01. The fraction of sp³-hybridized carbons (Fsp3) is 0.538. The summed E-state index contributed by atoms with van der Waals surface area (Å²) >= 11 is 0. The zero-order valence-corrected chi connectivity index (χ0v) is 11.4. The molecule has 2 aliphatic rings. The van der Waals surface area contributed by atoms with Gasteiger partial charge in [-0.1, -0.05) is 12.1 Å². The molecule has 5 nitrogen and oxygen atoms in total.